The van der Waals surface area contributed by atoms with Crippen molar-refractivity contribution in [3.63, 3.8) is 0 Å². The Morgan fingerprint density at radius 1 is 1.37 bits per heavy atom. The predicted molar refractivity (Wildman–Crippen MR) is 72.7 cm³/mol. The summed E-state index contributed by atoms with van der Waals surface area (Å²) in [7, 11) is 0. The van der Waals surface area contributed by atoms with E-state index in [4.69, 9.17) is 11.6 Å². The van der Waals surface area contributed by atoms with Crippen LogP contribution in [0.25, 0.3) is 16.8 Å². The minimum atomic E-state index is -0.401. The van der Waals surface area contributed by atoms with Crippen molar-refractivity contribution in [2.75, 3.05) is 0 Å². The number of hydrogen-bond donors (Lipinski definition) is 2. The molecule has 0 amide bonds. The van der Waals surface area contributed by atoms with Gasteiger partial charge in [0.05, 0.1) is 6.20 Å². The van der Waals surface area contributed by atoms with Gasteiger partial charge in [-0.15, -0.1) is 0 Å². The van der Waals surface area contributed by atoms with Gasteiger partial charge in [0.2, 0.25) is 5.88 Å². The summed E-state index contributed by atoms with van der Waals surface area (Å²) in [6.45, 7) is 1.80. The van der Waals surface area contributed by atoms with Crippen LogP contribution in [0.15, 0.2) is 35.3 Å². The summed E-state index contributed by atoms with van der Waals surface area (Å²) in [5.41, 5.74) is 1.43. The molecule has 0 spiro atoms. The first-order valence-corrected chi connectivity index (χ1v) is 6.02. The molecule has 0 aliphatic heterocycles. The molecule has 0 saturated carbocycles. The van der Waals surface area contributed by atoms with Gasteiger partial charge in [-0.2, -0.15) is 9.61 Å². The first-order chi connectivity index (χ1) is 9.09. The summed E-state index contributed by atoms with van der Waals surface area (Å²) >= 11 is 6.07. The molecule has 3 aromatic rings. The highest BCUT2D eigenvalue weighted by atomic mass is 35.5. The molecule has 96 valence electrons. The fraction of sp³-hybridized carbons (Fsp3) is 0.0769. The zero-order chi connectivity index (χ0) is 13.6. The van der Waals surface area contributed by atoms with E-state index in [1.807, 2.05) is 0 Å². The predicted octanol–water partition coefficient (Wildman–Crippen LogP) is 2.36. The van der Waals surface area contributed by atoms with Crippen molar-refractivity contribution in [1.29, 1.82) is 0 Å². The molecule has 0 fully saturated rings. The topological polar surface area (TPSA) is 70.4 Å². The fourth-order valence-corrected chi connectivity index (χ4v) is 2.26. The van der Waals surface area contributed by atoms with Gasteiger partial charge in [0.15, 0.2) is 0 Å². The van der Waals surface area contributed by atoms with Crippen LogP contribution >= 0.6 is 11.6 Å². The van der Waals surface area contributed by atoms with Crippen LogP contribution in [-0.4, -0.2) is 19.7 Å². The maximum Gasteiger partial charge on any atom is 0.262 e. The number of aromatic hydroxyl groups is 1. The molecule has 2 aromatic heterocycles. The number of aryl methyl sites for hydroxylation is 1. The third-order valence-electron chi connectivity index (χ3n) is 2.98. The third kappa shape index (κ3) is 1.70. The standard InChI is InChI=1S/C13H10ClN3O2/c1-7-6-15-17-11(7)16-12(18)10(13(17)19)8-4-2-3-5-9(8)14/h2-6,19H,1H3,(H,16,18). The molecule has 1 aromatic carbocycles. The van der Waals surface area contributed by atoms with Gasteiger partial charge in [0, 0.05) is 16.1 Å². The lowest BCUT2D eigenvalue weighted by Gasteiger charge is -2.07. The van der Waals surface area contributed by atoms with Crippen LogP contribution in [0.1, 0.15) is 5.56 Å². The van der Waals surface area contributed by atoms with E-state index < -0.39 is 5.56 Å². The number of aromatic nitrogens is 3. The van der Waals surface area contributed by atoms with Crippen molar-refractivity contribution in [3.8, 4) is 17.0 Å². The van der Waals surface area contributed by atoms with Gasteiger partial charge < -0.3 is 10.1 Å². The van der Waals surface area contributed by atoms with Crippen molar-refractivity contribution in [2.24, 2.45) is 0 Å². The molecule has 0 bridgehead atoms. The van der Waals surface area contributed by atoms with Crippen molar-refractivity contribution in [2.45, 2.75) is 6.92 Å². The number of hydrogen-bond acceptors (Lipinski definition) is 3. The van der Waals surface area contributed by atoms with E-state index in [1.54, 1.807) is 37.4 Å². The van der Waals surface area contributed by atoms with Crippen molar-refractivity contribution in [3.05, 3.63) is 51.4 Å². The van der Waals surface area contributed by atoms with E-state index in [0.29, 0.717) is 16.2 Å². The minimum Gasteiger partial charge on any atom is -0.493 e. The Bertz CT molecular complexity index is 836. The maximum atomic E-state index is 12.1. The molecule has 0 saturated heterocycles. The molecule has 0 aliphatic carbocycles. The Hall–Kier alpha value is -2.27. The average Bonchev–Trinajstić information content (AvgIpc) is 2.74. The summed E-state index contributed by atoms with van der Waals surface area (Å²) in [4.78, 5) is 14.8. The van der Waals surface area contributed by atoms with Crippen LogP contribution in [0, 0.1) is 6.92 Å². The second-order valence-corrected chi connectivity index (χ2v) is 4.63. The number of halogens is 1. The van der Waals surface area contributed by atoms with E-state index in [1.165, 1.54) is 4.52 Å². The van der Waals surface area contributed by atoms with Crippen LogP contribution in [-0.2, 0) is 0 Å². The summed E-state index contributed by atoms with van der Waals surface area (Å²) < 4.78 is 1.29. The molecule has 2 N–H and O–H groups in total. The number of benzene rings is 1. The van der Waals surface area contributed by atoms with Gasteiger partial charge in [-0.25, -0.2) is 0 Å². The smallest absolute Gasteiger partial charge is 0.262 e. The zero-order valence-electron chi connectivity index (χ0n) is 10.0. The molecule has 0 unspecified atom stereocenters. The summed E-state index contributed by atoms with van der Waals surface area (Å²) in [6, 6.07) is 6.84. The third-order valence-corrected chi connectivity index (χ3v) is 3.31. The van der Waals surface area contributed by atoms with E-state index in [2.05, 4.69) is 10.1 Å². The monoisotopic (exact) mass is 275 g/mol. The quantitative estimate of drug-likeness (QED) is 0.716. The maximum absolute atomic E-state index is 12.1. The number of nitrogens with one attached hydrogen (secondary N) is 1. The van der Waals surface area contributed by atoms with Crippen molar-refractivity contribution in [1.82, 2.24) is 14.6 Å². The number of H-pyrrole nitrogens is 1. The van der Waals surface area contributed by atoms with Crippen LogP contribution in [0.2, 0.25) is 5.02 Å². The van der Waals surface area contributed by atoms with Crippen molar-refractivity contribution < 1.29 is 5.11 Å². The van der Waals surface area contributed by atoms with Gasteiger partial charge in [-0.3, -0.25) is 4.79 Å². The molecule has 5 nitrogen and oxygen atoms in total. The van der Waals surface area contributed by atoms with E-state index in [0.717, 1.165) is 5.56 Å². The number of nitrogens with zero attached hydrogens (tertiary/aromatic N) is 2. The number of fused-ring (bicyclic) bond motifs is 1. The molecular weight excluding hydrogens is 266 g/mol. The second-order valence-electron chi connectivity index (χ2n) is 4.22. The number of rotatable bonds is 1. The van der Waals surface area contributed by atoms with E-state index >= 15 is 0 Å². The van der Waals surface area contributed by atoms with Crippen molar-refractivity contribution >= 4 is 17.2 Å². The average molecular weight is 276 g/mol. The number of aromatic amines is 1. The Labute approximate surface area is 113 Å². The van der Waals surface area contributed by atoms with Gasteiger partial charge in [0.1, 0.15) is 11.2 Å². The Morgan fingerprint density at radius 3 is 2.84 bits per heavy atom. The van der Waals surface area contributed by atoms with Gasteiger partial charge in [0.25, 0.3) is 5.56 Å². The fourth-order valence-electron chi connectivity index (χ4n) is 2.03. The Balaban J connectivity index is 2.43. The molecule has 2 heterocycles. The molecule has 0 aliphatic rings. The van der Waals surface area contributed by atoms with Gasteiger partial charge >= 0.3 is 0 Å². The molecule has 19 heavy (non-hydrogen) atoms. The molecule has 0 radical (unpaired) electrons. The van der Waals surface area contributed by atoms with Crippen LogP contribution < -0.4 is 5.56 Å². The first-order valence-electron chi connectivity index (χ1n) is 5.64. The summed E-state index contributed by atoms with van der Waals surface area (Å²) in [6.07, 6.45) is 1.57. The van der Waals surface area contributed by atoms with Crippen LogP contribution in [0.4, 0.5) is 0 Å². The highest BCUT2D eigenvalue weighted by molar-refractivity contribution is 6.33. The Kier molecular flexibility index (Phi) is 2.57. The lowest BCUT2D eigenvalue weighted by molar-refractivity contribution is 0.437. The normalized spacial score (nSPS) is 11.1. The van der Waals surface area contributed by atoms with E-state index in [-0.39, 0.29) is 11.4 Å². The highest BCUT2D eigenvalue weighted by Gasteiger charge is 2.17. The largest absolute Gasteiger partial charge is 0.493 e. The molecule has 0 atom stereocenters. The Morgan fingerprint density at radius 2 is 2.11 bits per heavy atom. The second kappa shape index (κ2) is 4.13. The molecule has 3 rings (SSSR count). The lowest BCUT2D eigenvalue weighted by Crippen LogP contribution is -2.13. The summed E-state index contributed by atoms with van der Waals surface area (Å²) in [5.74, 6) is -0.222. The van der Waals surface area contributed by atoms with E-state index in [9.17, 15) is 9.90 Å². The molecular formula is C13H10ClN3O2. The zero-order valence-corrected chi connectivity index (χ0v) is 10.8. The lowest BCUT2D eigenvalue weighted by atomic mass is 10.1. The highest BCUT2D eigenvalue weighted by Crippen LogP contribution is 2.31. The first kappa shape index (κ1) is 11.8. The van der Waals surface area contributed by atoms with Crippen LogP contribution in [0.5, 0.6) is 5.88 Å². The minimum absolute atomic E-state index is 0.112. The van der Waals surface area contributed by atoms with Gasteiger partial charge in [-0.1, -0.05) is 29.8 Å². The van der Waals surface area contributed by atoms with Crippen LogP contribution in [0.3, 0.4) is 0 Å². The SMILES string of the molecule is Cc1cnn2c(O)c(-c3ccccc3Cl)c(=O)[nH]c12. The summed E-state index contributed by atoms with van der Waals surface area (Å²) in [5, 5.41) is 14.7. The molecule has 6 heteroatoms. The van der Waals surface area contributed by atoms with Gasteiger partial charge in [-0.05, 0) is 13.0 Å².